The summed E-state index contributed by atoms with van der Waals surface area (Å²) in [7, 11) is 0. The van der Waals surface area contributed by atoms with E-state index in [1.165, 1.54) is 29.1 Å². The predicted octanol–water partition coefficient (Wildman–Crippen LogP) is -0.0345. The summed E-state index contributed by atoms with van der Waals surface area (Å²) in [6, 6.07) is 5.75. The monoisotopic (exact) mass is 192 g/mol. The molecule has 0 spiro atoms. The summed E-state index contributed by atoms with van der Waals surface area (Å²) in [6.07, 6.45) is 0. The highest BCUT2D eigenvalue weighted by Crippen LogP contribution is 2.12. The highest BCUT2D eigenvalue weighted by molar-refractivity contribution is 5.39. The van der Waals surface area contributed by atoms with Crippen molar-refractivity contribution in [2.45, 2.75) is 0 Å². The predicted molar refractivity (Wildman–Crippen MR) is 43.6 cm³/mol. The summed E-state index contributed by atoms with van der Waals surface area (Å²) in [5, 5.41) is 24.0. The third kappa shape index (κ3) is 1.40. The maximum Gasteiger partial charge on any atom is 0.269 e. The van der Waals surface area contributed by atoms with Gasteiger partial charge in [0.25, 0.3) is 5.69 Å². The first-order valence-corrected chi connectivity index (χ1v) is 3.63. The van der Waals surface area contributed by atoms with E-state index in [0.717, 1.165) is 0 Å². The van der Waals surface area contributed by atoms with Gasteiger partial charge in [0.1, 0.15) is 0 Å². The molecule has 0 saturated heterocycles. The van der Waals surface area contributed by atoms with E-state index in [1.807, 2.05) is 0 Å². The van der Waals surface area contributed by atoms with Crippen molar-refractivity contribution in [1.29, 1.82) is 0 Å². The van der Waals surface area contributed by atoms with Crippen LogP contribution in [0, 0.1) is 10.1 Å². The van der Waals surface area contributed by atoms with Crippen LogP contribution in [0.5, 0.6) is 0 Å². The first kappa shape index (κ1) is 8.23. The molecule has 2 rings (SSSR count). The van der Waals surface area contributed by atoms with Crippen molar-refractivity contribution < 1.29 is 4.92 Å². The molecule has 0 aliphatic carbocycles. The standard InChI is InChI=1S/C6H4N6O2/c13-12(14)6-3-1-5(2-4-6)11-9-7-8-10-11/h1-4H. The van der Waals surface area contributed by atoms with Crippen LogP contribution >= 0.6 is 0 Å². The van der Waals surface area contributed by atoms with Gasteiger partial charge in [-0.2, -0.15) is 0 Å². The van der Waals surface area contributed by atoms with E-state index < -0.39 is 4.92 Å². The number of aromatic nitrogens is 5. The van der Waals surface area contributed by atoms with Crippen LogP contribution in [0.15, 0.2) is 24.3 Å². The Morgan fingerprint density at radius 1 is 1.14 bits per heavy atom. The molecule has 0 amide bonds. The number of benzene rings is 1. The molecule has 8 nitrogen and oxygen atoms in total. The van der Waals surface area contributed by atoms with E-state index in [1.54, 1.807) is 0 Å². The zero-order chi connectivity index (χ0) is 9.97. The fourth-order valence-corrected chi connectivity index (χ4v) is 0.940. The molecule has 8 heteroatoms. The fourth-order valence-electron chi connectivity index (χ4n) is 0.940. The maximum absolute atomic E-state index is 10.3. The van der Waals surface area contributed by atoms with Crippen LogP contribution in [0.1, 0.15) is 0 Å². The van der Waals surface area contributed by atoms with E-state index in [9.17, 15) is 10.1 Å². The zero-order valence-electron chi connectivity index (χ0n) is 6.81. The first-order valence-electron chi connectivity index (χ1n) is 3.63. The van der Waals surface area contributed by atoms with Gasteiger partial charge in [0.15, 0.2) is 0 Å². The number of non-ortho nitro benzene ring substituents is 1. The molecule has 0 aliphatic rings. The minimum Gasteiger partial charge on any atom is -0.258 e. The molecule has 1 aromatic carbocycles. The molecule has 70 valence electrons. The maximum atomic E-state index is 10.3. The molecule has 0 fully saturated rings. The van der Waals surface area contributed by atoms with Crippen molar-refractivity contribution in [2.75, 3.05) is 0 Å². The summed E-state index contributed by atoms with van der Waals surface area (Å²) in [5.74, 6) is 0. The Hall–Kier alpha value is -2.38. The lowest BCUT2D eigenvalue weighted by Gasteiger charge is -1.95. The van der Waals surface area contributed by atoms with Gasteiger partial charge in [-0.3, -0.25) is 10.1 Å². The SMILES string of the molecule is O=[N+]([O-])c1ccc(-n2nnnn2)cc1. The van der Waals surface area contributed by atoms with E-state index in [2.05, 4.69) is 20.9 Å². The van der Waals surface area contributed by atoms with Crippen LogP contribution in [-0.2, 0) is 0 Å². The van der Waals surface area contributed by atoms with Crippen LogP contribution in [0.3, 0.4) is 0 Å². The van der Waals surface area contributed by atoms with Gasteiger partial charge >= 0.3 is 0 Å². The Kier molecular flexibility index (Phi) is 1.86. The summed E-state index contributed by atoms with van der Waals surface area (Å²) in [6.45, 7) is 0. The molecule has 14 heavy (non-hydrogen) atoms. The van der Waals surface area contributed by atoms with Gasteiger partial charge in [0.05, 0.1) is 10.6 Å². The molecule has 0 unspecified atom stereocenters. The van der Waals surface area contributed by atoms with Gasteiger partial charge in [-0.05, 0) is 33.0 Å². The van der Waals surface area contributed by atoms with E-state index in [0.29, 0.717) is 5.69 Å². The van der Waals surface area contributed by atoms with Crippen molar-refractivity contribution in [3.05, 3.63) is 34.4 Å². The molecule has 1 heterocycles. The second-order valence-corrected chi connectivity index (χ2v) is 2.42. The Bertz CT molecular complexity index is 436. The molecular weight excluding hydrogens is 188 g/mol. The number of hydrogen-bond donors (Lipinski definition) is 0. The van der Waals surface area contributed by atoms with Gasteiger partial charge < -0.3 is 0 Å². The molecule has 0 radical (unpaired) electrons. The minimum absolute atomic E-state index is 0.0156. The third-order valence-corrected chi connectivity index (χ3v) is 1.58. The summed E-state index contributed by atoms with van der Waals surface area (Å²) < 4.78 is 0. The molecule has 0 saturated carbocycles. The second-order valence-electron chi connectivity index (χ2n) is 2.42. The second kappa shape index (κ2) is 3.17. The van der Waals surface area contributed by atoms with Gasteiger partial charge in [0.2, 0.25) is 0 Å². The van der Waals surface area contributed by atoms with Crippen LogP contribution in [0.2, 0.25) is 0 Å². The van der Waals surface area contributed by atoms with Crippen LogP contribution in [0.4, 0.5) is 5.69 Å². The molecule has 0 bridgehead atoms. The highest BCUT2D eigenvalue weighted by atomic mass is 16.6. The van der Waals surface area contributed by atoms with Gasteiger partial charge in [-0.15, -0.1) is 4.80 Å². The smallest absolute Gasteiger partial charge is 0.258 e. The van der Waals surface area contributed by atoms with Crippen molar-refractivity contribution in [1.82, 2.24) is 25.7 Å². The van der Waals surface area contributed by atoms with Crippen molar-refractivity contribution in [3.63, 3.8) is 0 Å². The van der Waals surface area contributed by atoms with Gasteiger partial charge in [0, 0.05) is 12.1 Å². The topological polar surface area (TPSA) is 99.6 Å². The lowest BCUT2D eigenvalue weighted by Crippen LogP contribution is -1.99. The van der Waals surface area contributed by atoms with E-state index in [4.69, 9.17) is 0 Å². The third-order valence-electron chi connectivity index (χ3n) is 1.58. The quantitative estimate of drug-likeness (QED) is 0.489. The lowest BCUT2D eigenvalue weighted by molar-refractivity contribution is -0.384. The first-order chi connectivity index (χ1) is 6.77. The summed E-state index contributed by atoms with van der Waals surface area (Å²) >= 11 is 0. The normalized spacial score (nSPS) is 10.0. The molecule has 2 aromatic rings. The highest BCUT2D eigenvalue weighted by Gasteiger charge is 2.05. The number of nitro benzene ring substituents is 1. The largest absolute Gasteiger partial charge is 0.269 e. The van der Waals surface area contributed by atoms with Crippen LogP contribution < -0.4 is 0 Å². The van der Waals surface area contributed by atoms with E-state index in [-0.39, 0.29) is 5.69 Å². The Morgan fingerprint density at radius 3 is 2.21 bits per heavy atom. The molecule has 0 aliphatic heterocycles. The zero-order valence-corrected chi connectivity index (χ0v) is 6.81. The molecule has 0 atom stereocenters. The summed E-state index contributed by atoms with van der Waals surface area (Å²) in [5.41, 5.74) is 0.586. The van der Waals surface area contributed by atoms with Gasteiger partial charge in [-0.1, -0.05) is 0 Å². The number of nitro groups is 1. The Morgan fingerprint density at radius 2 is 1.71 bits per heavy atom. The number of rotatable bonds is 2. The van der Waals surface area contributed by atoms with Gasteiger partial charge in [-0.25, -0.2) is 0 Å². The Labute approximate surface area is 77.3 Å². The van der Waals surface area contributed by atoms with Crippen molar-refractivity contribution >= 4 is 5.69 Å². The summed E-state index contributed by atoms with van der Waals surface area (Å²) in [4.78, 5) is 11.0. The number of hydrogen-bond acceptors (Lipinski definition) is 6. The molecular formula is C6H4N6O2. The van der Waals surface area contributed by atoms with E-state index >= 15 is 0 Å². The van der Waals surface area contributed by atoms with Crippen molar-refractivity contribution in [3.8, 4) is 5.69 Å². The average molecular weight is 192 g/mol. The molecule has 1 aromatic heterocycles. The van der Waals surface area contributed by atoms with Crippen LogP contribution in [-0.4, -0.2) is 30.6 Å². The minimum atomic E-state index is -0.475. The average Bonchev–Trinajstić information content (AvgIpc) is 2.71. The lowest BCUT2D eigenvalue weighted by atomic mass is 10.3. The fraction of sp³-hybridized carbons (Fsp3) is 0. The Balaban J connectivity index is 2.36. The molecule has 0 N–H and O–H groups in total. The number of nitrogens with zero attached hydrogens (tertiary/aromatic N) is 6. The van der Waals surface area contributed by atoms with Crippen LogP contribution in [0.25, 0.3) is 5.69 Å². The van der Waals surface area contributed by atoms with Crippen molar-refractivity contribution in [2.24, 2.45) is 0 Å².